The fourth-order valence-corrected chi connectivity index (χ4v) is 1.67. The maximum atomic E-state index is 9.80. The van der Waals surface area contributed by atoms with E-state index in [9.17, 15) is 5.11 Å². The highest BCUT2D eigenvalue weighted by Crippen LogP contribution is 2.25. The fourth-order valence-electron chi connectivity index (χ4n) is 1.67. The molecule has 0 aliphatic carbocycles. The lowest BCUT2D eigenvalue weighted by Crippen LogP contribution is -1.94. The first kappa shape index (κ1) is 13.2. The molecule has 0 saturated carbocycles. The summed E-state index contributed by atoms with van der Waals surface area (Å²) < 4.78 is 5.60. The Morgan fingerprint density at radius 1 is 1.05 bits per heavy atom. The first-order valence-electron chi connectivity index (χ1n) is 6.07. The van der Waals surface area contributed by atoms with Crippen molar-refractivity contribution in [2.45, 2.75) is 6.61 Å². The van der Waals surface area contributed by atoms with E-state index in [4.69, 9.17) is 9.84 Å². The van der Waals surface area contributed by atoms with Gasteiger partial charge < -0.3 is 14.9 Å². The van der Waals surface area contributed by atoms with Gasteiger partial charge in [0.15, 0.2) is 0 Å². The molecule has 0 heterocycles. The molecule has 0 fully saturated rings. The first-order valence-corrected chi connectivity index (χ1v) is 6.07. The van der Waals surface area contributed by atoms with Crippen molar-refractivity contribution in [3.63, 3.8) is 0 Å². The molecule has 0 aliphatic rings. The summed E-state index contributed by atoms with van der Waals surface area (Å²) in [5, 5.41) is 18.5. The lowest BCUT2D eigenvalue weighted by Gasteiger charge is -2.07. The number of aliphatic hydroxyl groups is 1. The number of hydrogen-bond donors (Lipinski definition) is 2. The summed E-state index contributed by atoms with van der Waals surface area (Å²) >= 11 is 0. The molecule has 0 amide bonds. The van der Waals surface area contributed by atoms with E-state index in [1.54, 1.807) is 30.4 Å². The van der Waals surface area contributed by atoms with E-state index in [1.165, 1.54) is 0 Å². The van der Waals surface area contributed by atoms with Crippen LogP contribution in [-0.2, 0) is 6.61 Å². The Morgan fingerprint density at radius 2 is 1.84 bits per heavy atom. The monoisotopic (exact) mass is 256 g/mol. The standard InChI is InChI=1S/C16H16O3/c17-10-4-7-14-8-9-15(11-16(14)18)19-12-13-5-2-1-3-6-13/h1-9,11,17-18H,10,12H2. The first-order chi connectivity index (χ1) is 9.29. The summed E-state index contributed by atoms with van der Waals surface area (Å²) in [5.41, 5.74) is 1.73. The zero-order chi connectivity index (χ0) is 13.5. The van der Waals surface area contributed by atoms with Crippen LogP contribution in [0.5, 0.6) is 11.5 Å². The molecule has 98 valence electrons. The van der Waals surface area contributed by atoms with Crippen molar-refractivity contribution in [1.82, 2.24) is 0 Å². The van der Waals surface area contributed by atoms with Gasteiger partial charge in [0, 0.05) is 11.6 Å². The Morgan fingerprint density at radius 3 is 2.53 bits per heavy atom. The van der Waals surface area contributed by atoms with Gasteiger partial charge in [0.2, 0.25) is 0 Å². The van der Waals surface area contributed by atoms with E-state index < -0.39 is 0 Å². The molecule has 0 spiro atoms. The second-order valence-corrected chi connectivity index (χ2v) is 4.08. The number of benzene rings is 2. The second kappa shape index (κ2) is 6.61. The van der Waals surface area contributed by atoms with Crippen LogP contribution in [0.25, 0.3) is 6.08 Å². The predicted octanol–water partition coefficient (Wildman–Crippen LogP) is 2.98. The molecule has 19 heavy (non-hydrogen) atoms. The molecule has 3 nitrogen and oxygen atoms in total. The minimum Gasteiger partial charge on any atom is -0.507 e. The normalized spacial score (nSPS) is 10.8. The third kappa shape index (κ3) is 3.86. The summed E-state index contributed by atoms with van der Waals surface area (Å²) in [5.74, 6) is 0.748. The molecule has 2 rings (SSSR count). The Kier molecular flexibility index (Phi) is 4.59. The van der Waals surface area contributed by atoms with Gasteiger partial charge in [0.1, 0.15) is 18.1 Å². The van der Waals surface area contributed by atoms with Crippen molar-refractivity contribution >= 4 is 6.08 Å². The van der Waals surface area contributed by atoms with E-state index in [0.29, 0.717) is 17.9 Å². The summed E-state index contributed by atoms with van der Waals surface area (Å²) in [7, 11) is 0. The number of aromatic hydroxyl groups is 1. The van der Waals surface area contributed by atoms with Crippen LogP contribution in [0.4, 0.5) is 0 Å². The van der Waals surface area contributed by atoms with Crippen LogP contribution in [0.3, 0.4) is 0 Å². The molecule has 0 unspecified atom stereocenters. The van der Waals surface area contributed by atoms with Gasteiger partial charge in [-0.1, -0.05) is 42.5 Å². The number of aliphatic hydroxyl groups excluding tert-OH is 1. The molecular weight excluding hydrogens is 240 g/mol. The van der Waals surface area contributed by atoms with Crippen molar-refractivity contribution in [3.05, 3.63) is 65.7 Å². The third-order valence-corrected chi connectivity index (χ3v) is 2.65. The van der Waals surface area contributed by atoms with Gasteiger partial charge in [0.25, 0.3) is 0 Å². The van der Waals surface area contributed by atoms with Gasteiger partial charge in [-0.05, 0) is 17.7 Å². The van der Waals surface area contributed by atoms with E-state index in [0.717, 1.165) is 5.56 Å². The largest absolute Gasteiger partial charge is 0.507 e. The topological polar surface area (TPSA) is 49.7 Å². The summed E-state index contributed by atoms with van der Waals surface area (Å²) in [6, 6.07) is 15.0. The Labute approximate surface area is 112 Å². The van der Waals surface area contributed by atoms with Crippen LogP contribution in [-0.4, -0.2) is 16.8 Å². The summed E-state index contributed by atoms with van der Waals surface area (Å²) in [6.07, 6.45) is 3.23. The average Bonchev–Trinajstić information content (AvgIpc) is 2.45. The van der Waals surface area contributed by atoms with Gasteiger partial charge in [-0.15, -0.1) is 0 Å². The van der Waals surface area contributed by atoms with Gasteiger partial charge in [-0.25, -0.2) is 0 Å². The van der Waals surface area contributed by atoms with Crippen molar-refractivity contribution in [3.8, 4) is 11.5 Å². The van der Waals surface area contributed by atoms with Crippen molar-refractivity contribution in [2.24, 2.45) is 0 Å². The van der Waals surface area contributed by atoms with Crippen LogP contribution in [0.15, 0.2) is 54.6 Å². The Balaban J connectivity index is 2.02. The number of rotatable bonds is 5. The minimum atomic E-state index is -0.0499. The Hall–Kier alpha value is -2.26. The highest BCUT2D eigenvalue weighted by atomic mass is 16.5. The van der Waals surface area contributed by atoms with E-state index in [2.05, 4.69) is 0 Å². The van der Waals surface area contributed by atoms with E-state index in [1.807, 2.05) is 30.3 Å². The molecule has 2 aromatic carbocycles. The highest BCUT2D eigenvalue weighted by molar-refractivity contribution is 5.58. The van der Waals surface area contributed by atoms with Crippen LogP contribution in [0, 0.1) is 0 Å². The molecule has 0 saturated heterocycles. The molecular formula is C16H16O3. The van der Waals surface area contributed by atoms with Gasteiger partial charge >= 0.3 is 0 Å². The van der Waals surface area contributed by atoms with Crippen molar-refractivity contribution < 1.29 is 14.9 Å². The average molecular weight is 256 g/mol. The molecule has 3 heteroatoms. The van der Waals surface area contributed by atoms with Crippen LogP contribution < -0.4 is 4.74 Å². The maximum Gasteiger partial charge on any atom is 0.126 e. The van der Waals surface area contributed by atoms with Gasteiger partial charge in [-0.2, -0.15) is 0 Å². The van der Waals surface area contributed by atoms with E-state index >= 15 is 0 Å². The summed E-state index contributed by atoms with van der Waals surface area (Å²) in [4.78, 5) is 0. The van der Waals surface area contributed by atoms with Crippen LogP contribution in [0.2, 0.25) is 0 Å². The van der Waals surface area contributed by atoms with Crippen LogP contribution >= 0.6 is 0 Å². The predicted molar refractivity (Wildman–Crippen MR) is 75.0 cm³/mol. The number of hydrogen-bond acceptors (Lipinski definition) is 3. The SMILES string of the molecule is OCC=Cc1ccc(OCc2ccccc2)cc1O. The number of ether oxygens (including phenoxy) is 1. The second-order valence-electron chi connectivity index (χ2n) is 4.08. The smallest absolute Gasteiger partial charge is 0.126 e. The van der Waals surface area contributed by atoms with Crippen molar-refractivity contribution in [2.75, 3.05) is 6.61 Å². The van der Waals surface area contributed by atoms with Crippen LogP contribution in [0.1, 0.15) is 11.1 Å². The zero-order valence-electron chi connectivity index (χ0n) is 10.5. The fraction of sp³-hybridized carbons (Fsp3) is 0.125. The summed E-state index contributed by atoms with van der Waals surface area (Å²) in [6.45, 7) is 0.414. The minimum absolute atomic E-state index is 0.0499. The number of phenolic OH excluding ortho intramolecular Hbond substituents is 1. The third-order valence-electron chi connectivity index (χ3n) is 2.65. The molecule has 0 aromatic heterocycles. The Bertz CT molecular complexity index is 547. The highest BCUT2D eigenvalue weighted by Gasteiger charge is 2.01. The molecule has 0 bridgehead atoms. The lowest BCUT2D eigenvalue weighted by molar-refractivity contribution is 0.304. The molecule has 2 N–H and O–H groups in total. The molecule has 0 radical (unpaired) electrons. The van der Waals surface area contributed by atoms with Gasteiger partial charge in [0.05, 0.1) is 6.61 Å². The molecule has 0 aliphatic heterocycles. The molecule has 2 aromatic rings. The number of phenols is 1. The molecule has 0 atom stereocenters. The van der Waals surface area contributed by atoms with Crippen molar-refractivity contribution in [1.29, 1.82) is 0 Å². The maximum absolute atomic E-state index is 9.80. The lowest BCUT2D eigenvalue weighted by atomic mass is 10.2. The zero-order valence-corrected chi connectivity index (χ0v) is 10.5. The quantitative estimate of drug-likeness (QED) is 0.864. The van der Waals surface area contributed by atoms with E-state index in [-0.39, 0.29) is 12.4 Å². The van der Waals surface area contributed by atoms with Gasteiger partial charge in [-0.3, -0.25) is 0 Å².